The zero-order chi connectivity index (χ0) is 13.8. The fourth-order valence-electron chi connectivity index (χ4n) is 2.77. The van der Waals surface area contributed by atoms with Gasteiger partial charge in [-0.25, -0.2) is 0 Å². The molecule has 1 N–H and O–H groups in total. The molecule has 1 aromatic heterocycles. The van der Waals surface area contributed by atoms with Crippen molar-refractivity contribution in [1.29, 1.82) is 5.26 Å². The molecule has 0 bridgehead atoms. The summed E-state index contributed by atoms with van der Waals surface area (Å²) in [5, 5.41) is 12.9. The van der Waals surface area contributed by atoms with Crippen molar-refractivity contribution >= 4 is 5.69 Å². The molecule has 4 nitrogen and oxygen atoms in total. The average Bonchev–Trinajstić information content (AvgIpc) is 2.88. The van der Waals surface area contributed by atoms with E-state index in [2.05, 4.69) is 28.2 Å². The highest BCUT2D eigenvalue weighted by Gasteiger charge is 2.20. The Morgan fingerprint density at radius 2 is 2.32 bits per heavy atom. The van der Waals surface area contributed by atoms with Crippen LogP contribution in [0.3, 0.4) is 0 Å². The monoisotopic (exact) mass is 258 g/mol. The number of hydrogen-bond acceptors (Lipinski definition) is 4. The number of aryl methyl sites for hydroxylation is 2. The van der Waals surface area contributed by atoms with Gasteiger partial charge < -0.3 is 10.2 Å². The zero-order valence-electron chi connectivity index (χ0n) is 12.0. The topological polar surface area (TPSA) is 52.0 Å². The second-order valence-corrected chi connectivity index (χ2v) is 5.19. The Kier molecular flexibility index (Phi) is 4.39. The van der Waals surface area contributed by atoms with E-state index in [0.717, 1.165) is 36.7 Å². The third-order valence-electron chi connectivity index (χ3n) is 3.74. The molecule has 1 aliphatic rings. The van der Waals surface area contributed by atoms with E-state index in [1.54, 1.807) is 0 Å². The van der Waals surface area contributed by atoms with E-state index < -0.39 is 0 Å². The first-order chi connectivity index (χ1) is 9.15. The van der Waals surface area contributed by atoms with Crippen LogP contribution in [0.15, 0.2) is 6.07 Å². The van der Waals surface area contributed by atoms with Gasteiger partial charge >= 0.3 is 0 Å². The normalized spacial score (nSPS) is 18.3. The molecule has 1 saturated heterocycles. The minimum atomic E-state index is 0.542. The predicted molar refractivity (Wildman–Crippen MR) is 77.3 cm³/mol. The highest BCUT2D eigenvalue weighted by atomic mass is 15.2. The molecule has 0 spiro atoms. The van der Waals surface area contributed by atoms with Crippen LogP contribution < -0.4 is 10.2 Å². The maximum Gasteiger partial charge on any atom is 0.103 e. The smallest absolute Gasteiger partial charge is 0.103 e. The second-order valence-electron chi connectivity index (χ2n) is 5.19. The summed E-state index contributed by atoms with van der Waals surface area (Å²) in [5.41, 5.74) is 3.55. The third-order valence-corrected chi connectivity index (χ3v) is 3.74. The lowest BCUT2D eigenvalue weighted by Crippen LogP contribution is -2.38. The molecule has 0 aromatic carbocycles. The Morgan fingerprint density at radius 3 is 2.89 bits per heavy atom. The number of anilines is 1. The summed E-state index contributed by atoms with van der Waals surface area (Å²) in [6.45, 7) is 9.03. The summed E-state index contributed by atoms with van der Waals surface area (Å²) in [4.78, 5) is 6.68. The summed E-state index contributed by atoms with van der Waals surface area (Å²) in [6.07, 6.45) is 2.48. The van der Waals surface area contributed by atoms with Crippen LogP contribution in [0.5, 0.6) is 0 Å². The SMILES string of the molecule is CCN(CC1CCCN1)c1cc(C)nc(C)c1C#N. The van der Waals surface area contributed by atoms with Gasteiger partial charge in [-0.1, -0.05) is 0 Å². The highest BCUT2D eigenvalue weighted by molar-refractivity contribution is 5.61. The molecule has 2 rings (SSSR count). The van der Waals surface area contributed by atoms with Crippen LogP contribution >= 0.6 is 0 Å². The van der Waals surface area contributed by atoms with Crippen molar-refractivity contribution in [3.63, 3.8) is 0 Å². The lowest BCUT2D eigenvalue weighted by Gasteiger charge is -2.28. The molecule has 102 valence electrons. The molecular weight excluding hydrogens is 236 g/mol. The lowest BCUT2D eigenvalue weighted by atomic mass is 10.1. The van der Waals surface area contributed by atoms with E-state index in [9.17, 15) is 5.26 Å². The molecule has 1 unspecified atom stereocenters. The van der Waals surface area contributed by atoms with Crippen LogP contribution in [0.2, 0.25) is 0 Å². The summed E-state index contributed by atoms with van der Waals surface area (Å²) in [5.74, 6) is 0. The Hall–Kier alpha value is -1.60. The van der Waals surface area contributed by atoms with Gasteiger partial charge in [0.25, 0.3) is 0 Å². The number of pyridine rings is 1. The zero-order valence-corrected chi connectivity index (χ0v) is 12.0. The maximum absolute atomic E-state index is 9.36. The van der Waals surface area contributed by atoms with E-state index in [1.165, 1.54) is 12.8 Å². The molecule has 19 heavy (non-hydrogen) atoms. The lowest BCUT2D eigenvalue weighted by molar-refractivity contribution is 0.586. The number of aromatic nitrogens is 1. The van der Waals surface area contributed by atoms with Gasteiger partial charge in [0.15, 0.2) is 0 Å². The van der Waals surface area contributed by atoms with Gasteiger partial charge in [0.1, 0.15) is 6.07 Å². The summed E-state index contributed by atoms with van der Waals surface area (Å²) in [6, 6.07) is 4.88. The molecule has 0 saturated carbocycles. The first kappa shape index (κ1) is 13.8. The molecular formula is C15H22N4. The fraction of sp³-hybridized carbons (Fsp3) is 0.600. The van der Waals surface area contributed by atoms with Crippen LogP contribution in [0, 0.1) is 25.2 Å². The molecule has 1 aliphatic heterocycles. The van der Waals surface area contributed by atoms with Crippen molar-refractivity contribution in [1.82, 2.24) is 10.3 Å². The Morgan fingerprint density at radius 1 is 1.53 bits per heavy atom. The van der Waals surface area contributed by atoms with Crippen molar-refractivity contribution in [3.8, 4) is 6.07 Å². The third kappa shape index (κ3) is 3.05. The predicted octanol–water partition coefficient (Wildman–Crippen LogP) is 2.15. The number of nitriles is 1. The maximum atomic E-state index is 9.36. The van der Waals surface area contributed by atoms with E-state index >= 15 is 0 Å². The minimum Gasteiger partial charge on any atom is -0.369 e. The van der Waals surface area contributed by atoms with Gasteiger partial charge in [-0.05, 0) is 46.2 Å². The molecule has 2 heterocycles. The van der Waals surface area contributed by atoms with Gasteiger partial charge in [-0.15, -0.1) is 0 Å². The molecule has 1 fully saturated rings. The summed E-state index contributed by atoms with van der Waals surface area (Å²) in [7, 11) is 0. The Labute approximate surface area is 115 Å². The van der Waals surface area contributed by atoms with Gasteiger partial charge in [0.2, 0.25) is 0 Å². The standard InChI is InChI=1S/C15H22N4/c1-4-19(10-13-6-5-7-17-13)15-8-11(2)18-12(3)14(15)9-16/h8,13,17H,4-7,10H2,1-3H3. The molecule has 0 amide bonds. The van der Waals surface area contributed by atoms with E-state index in [4.69, 9.17) is 0 Å². The highest BCUT2D eigenvalue weighted by Crippen LogP contribution is 2.24. The van der Waals surface area contributed by atoms with Crippen LogP contribution in [-0.2, 0) is 0 Å². The van der Waals surface area contributed by atoms with Crippen molar-refractivity contribution in [3.05, 3.63) is 23.0 Å². The number of rotatable bonds is 4. The van der Waals surface area contributed by atoms with Crippen molar-refractivity contribution in [2.75, 3.05) is 24.5 Å². The summed E-state index contributed by atoms with van der Waals surface area (Å²) >= 11 is 0. The first-order valence-corrected chi connectivity index (χ1v) is 7.02. The molecule has 1 atom stereocenters. The fourth-order valence-corrected chi connectivity index (χ4v) is 2.77. The van der Waals surface area contributed by atoms with Crippen LogP contribution in [0.4, 0.5) is 5.69 Å². The van der Waals surface area contributed by atoms with Gasteiger partial charge in [0.05, 0.1) is 16.9 Å². The molecule has 0 radical (unpaired) electrons. The van der Waals surface area contributed by atoms with Crippen molar-refractivity contribution in [2.24, 2.45) is 0 Å². The first-order valence-electron chi connectivity index (χ1n) is 7.02. The average molecular weight is 258 g/mol. The van der Waals surface area contributed by atoms with Gasteiger partial charge in [-0.2, -0.15) is 5.26 Å². The van der Waals surface area contributed by atoms with E-state index in [0.29, 0.717) is 11.6 Å². The Balaban J connectivity index is 2.29. The minimum absolute atomic E-state index is 0.542. The largest absolute Gasteiger partial charge is 0.369 e. The van der Waals surface area contributed by atoms with E-state index in [-0.39, 0.29) is 0 Å². The van der Waals surface area contributed by atoms with Crippen LogP contribution in [0.25, 0.3) is 0 Å². The number of likely N-dealkylation sites (N-methyl/N-ethyl adjacent to an activating group) is 1. The van der Waals surface area contributed by atoms with Crippen molar-refractivity contribution in [2.45, 2.75) is 39.7 Å². The van der Waals surface area contributed by atoms with Gasteiger partial charge in [0, 0.05) is 24.8 Å². The summed E-state index contributed by atoms with van der Waals surface area (Å²) < 4.78 is 0. The van der Waals surface area contributed by atoms with Crippen molar-refractivity contribution < 1.29 is 0 Å². The van der Waals surface area contributed by atoms with Crippen LogP contribution in [0.1, 0.15) is 36.7 Å². The second kappa shape index (κ2) is 6.03. The molecule has 1 aromatic rings. The number of nitrogens with one attached hydrogen (secondary N) is 1. The number of nitrogens with zero attached hydrogens (tertiary/aromatic N) is 3. The van der Waals surface area contributed by atoms with E-state index in [1.807, 2.05) is 19.9 Å². The Bertz CT molecular complexity index is 484. The van der Waals surface area contributed by atoms with Crippen LogP contribution in [-0.4, -0.2) is 30.7 Å². The number of hydrogen-bond donors (Lipinski definition) is 1. The van der Waals surface area contributed by atoms with Gasteiger partial charge in [-0.3, -0.25) is 4.98 Å². The quantitative estimate of drug-likeness (QED) is 0.899. The molecule has 0 aliphatic carbocycles. The molecule has 4 heteroatoms.